The molecule has 0 atom stereocenters. The average Bonchev–Trinajstić information content (AvgIpc) is 3.27. The lowest BCUT2D eigenvalue weighted by atomic mass is 9.86. The number of amides is 1. The molecular formula is C22H29N5O2. The Kier molecular flexibility index (Phi) is 5.06. The van der Waals surface area contributed by atoms with Crippen LogP contribution in [0.1, 0.15) is 45.1 Å². The summed E-state index contributed by atoms with van der Waals surface area (Å²) in [6.45, 7) is 10.3. The number of anilines is 1. The van der Waals surface area contributed by atoms with Crippen LogP contribution in [0.3, 0.4) is 0 Å². The normalized spacial score (nSPS) is 18.3. The summed E-state index contributed by atoms with van der Waals surface area (Å²) in [6.07, 6.45) is 4.03. The van der Waals surface area contributed by atoms with Crippen molar-refractivity contribution in [3.63, 3.8) is 0 Å². The zero-order valence-corrected chi connectivity index (χ0v) is 17.2. The van der Waals surface area contributed by atoms with E-state index in [4.69, 9.17) is 0 Å². The summed E-state index contributed by atoms with van der Waals surface area (Å²) in [5, 5.41) is 22.9. The van der Waals surface area contributed by atoms with Crippen molar-refractivity contribution in [3.05, 3.63) is 35.9 Å². The maximum absolute atomic E-state index is 11.7. The molecule has 0 radical (unpaired) electrons. The van der Waals surface area contributed by atoms with Crippen molar-refractivity contribution < 1.29 is 9.90 Å². The Morgan fingerprint density at radius 1 is 1.28 bits per heavy atom. The van der Waals surface area contributed by atoms with Gasteiger partial charge in [-0.1, -0.05) is 24.3 Å². The van der Waals surface area contributed by atoms with Crippen LogP contribution in [0.2, 0.25) is 0 Å². The first-order valence-electron chi connectivity index (χ1n) is 10.4. The van der Waals surface area contributed by atoms with Gasteiger partial charge in [-0.2, -0.15) is 0 Å². The van der Waals surface area contributed by atoms with Gasteiger partial charge in [0.25, 0.3) is 0 Å². The van der Waals surface area contributed by atoms with Crippen LogP contribution in [0.25, 0.3) is 11.4 Å². The lowest BCUT2D eigenvalue weighted by Crippen LogP contribution is -2.51. The topological polar surface area (TPSA) is 83.3 Å². The molecule has 7 heteroatoms. The lowest BCUT2D eigenvalue weighted by Gasteiger charge is -2.39. The summed E-state index contributed by atoms with van der Waals surface area (Å²) in [5.41, 5.74) is 2.50. The van der Waals surface area contributed by atoms with E-state index in [1.165, 1.54) is 0 Å². The quantitative estimate of drug-likeness (QED) is 0.761. The maximum atomic E-state index is 11.7. The number of piperidine rings is 1. The molecular weight excluding hydrogens is 366 g/mol. The molecule has 3 heterocycles. The third-order valence-corrected chi connectivity index (χ3v) is 6.14. The van der Waals surface area contributed by atoms with E-state index in [0.717, 1.165) is 49.4 Å². The number of rotatable bonds is 5. The zero-order valence-electron chi connectivity index (χ0n) is 17.2. The van der Waals surface area contributed by atoms with Crippen LogP contribution in [0.5, 0.6) is 5.75 Å². The first kappa shape index (κ1) is 19.5. The number of carbonyl (C=O) groups excluding carboxylic acids is 1. The number of phenols is 1. The van der Waals surface area contributed by atoms with Gasteiger partial charge in [0, 0.05) is 31.6 Å². The van der Waals surface area contributed by atoms with Crippen LogP contribution in [0, 0.1) is 0 Å². The van der Waals surface area contributed by atoms with Gasteiger partial charge in [-0.3, -0.25) is 9.36 Å². The molecule has 4 rings (SSSR count). The average molecular weight is 396 g/mol. The number of carbonyl (C=O) groups is 1. The fourth-order valence-electron chi connectivity index (χ4n) is 4.54. The molecule has 1 aromatic carbocycles. The molecule has 7 nitrogen and oxygen atoms in total. The SMILES string of the molecule is C=C(C)Cc1cccc(-c2nnc(N3CCC4(CCC(=O)N4)CC3)n2CC)c1O. The molecule has 0 aliphatic carbocycles. The van der Waals surface area contributed by atoms with Gasteiger partial charge in [0.05, 0.1) is 5.56 Å². The highest BCUT2D eigenvalue weighted by atomic mass is 16.3. The van der Waals surface area contributed by atoms with Crippen molar-refractivity contribution in [2.45, 2.75) is 58.0 Å². The predicted molar refractivity (Wildman–Crippen MR) is 113 cm³/mol. The van der Waals surface area contributed by atoms with Crippen molar-refractivity contribution in [3.8, 4) is 17.1 Å². The lowest BCUT2D eigenvalue weighted by molar-refractivity contribution is -0.119. The molecule has 0 bridgehead atoms. The third kappa shape index (κ3) is 3.61. The van der Waals surface area contributed by atoms with Crippen LogP contribution in [-0.2, 0) is 17.8 Å². The minimum Gasteiger partial charge on any atom is -0.507 e. The Morgan fingerprint density at radius 3 is 2.66 bits per heavy atom. The van der Waals surface area contributed by atoms with E-state index in [9.17, 15) is 9.90 Å². The number of hydrogen-bond acceptors (Lipinski definition) is 5. The molecule has 2 aliphatic heterocycles. The van der Waals surface area contributed by atoms with E-state index >= 15 is 0 Å². The summed E-state index contributed by atoms with van der Waals surface area (Å²) in [4.78, 5) is 13.9. The van der Waals surface area contributed by atoms with Crippen LogP contribution in [0.15, 0.2) is 30.4 Å². The summed E-state index contributed by atoms with van der Waals surface area (Å²) < 4.78 is 2.06. The van der Waals surface area contributed by atoms with Crippen molar-refractivity contribution in [2.75, 3.05) is 18.0 Å². The number of benzene rings is 1. The Bertz CT molecular complexity index is 941. The summed E-state index contributed by atoms with van der Waals surface area (Å²) in [7, 11) is 0. The highest BCUT2D eigenvalue weighted by Gasteiger charge is 2.41. The van der Waals surface area contributed by atoms with Gasteiger partial charge < -0.3 is 15.3 Å². The summed E-state index contributed by atoms with van der Waals surface area (Å²) >= 11 is 0. The molecule has 2 aromatic rings. The predicted octanol–water partition coefficient (Wildman–Crippen LogP) is 3.04. The first-order valence-corrected chi connectivity index (χ1v) is 10.4. The van der Waals surface area contributed by atoms with Gasteiger partial charge in [0.2, 0.25) is 11.9 Å². The minimum absolute atomic E-state index is 0.0391. The molecule has 154 valence electrons. The molecule has 1 spiro atoms. The van der Waals surface area contributed by atoms with E-state index in [0.29, 0.717) is 30.8 Å². The molecule has 1 aromatic heterocycles. The van der Waals surface area contributed by atoms with Crippen molar-refractivity contribution in [1.82, 2.24) is 20.1 Å². The van der Waals surface area contributed by atoms with Gasteiger partial charge in [-0.05, 0) is 51.2 Å². The number of allylic oxidation sites excluding steroid dienone is 1. The zero-order chi connectivity index (χ0) is 20.6. The van der Waals surface area contributed by atoms with Crippen LogP contribution in [0.4, 0.5) is 5.95 Å². The smallest absolute Gasteiger partial charge is 0.227 e. The Balaban J connectivity index is 1.60. The number of nitrogens with one attached hydrogen (secondary N) is 1. The van der Waals surface area contributed by atoms with Gasteiger partial charge in [-0.25, -0.2) is 0 Å². The van der Waals surface area contributed by atoms with Crippen molar-refractivity contribution >= 4 is 11.9 Å². The Morgan fingerprint density at radius 2 is 2.03 bits per heavy atom. The molecule has 2 fully saturated rings. The summed E-state index contributed by atoms with van der Waals surface area (Å²) in [6, 6.07) is 5.74. The second-order valence-electron chi connectivity index (χ2n) is 8.33. The van der Waals surface area contributed by atoms with E-state index < -0.39 is 0 Å². The van der Waals surface area contributed by atoms with E-state index in [2.05, 4.69) is 38.5 Å². The second-order valence-corrected chi connectivity index (χ2v) is 8.33. The van der Waals surface area contributed by atoms with E-state index in [1.54, 1.807) is 0 Å². The maximum Gasteiger partial charge on any atom is 0.227 e. The van der Waals surface area contributed by atoms with Gasteiger partial charge in [0.15, 0.2) is 5.82 Å². The second kappa shape index (κ2) is 7.54. The van der Waals surface area contributed by atoms with E-state index in [-0.39, 0.29) is 17.2 Å². The summed E-state index contributed by atoms with van der Waals surface area (Å²) in [5.74, 6) is 1.92. The molecule has 2 saturated heterocycles. The van der Waals surface area contributed by atoms with E-state index in [1.807, 2.05) is 25.1 Å². The monoisotopic (exact) mass is 395 g/mol. The number of para-hydroxylation sites is 1. The first-order chi connectivity index (χ1) is 13.9. The van der Waals surface area contributed by atoms with Gasteiger partial charge in [0.1, 0.15) is 5.75 Å². The van der Waals surface area contributed by atoms with Crippen LogP contribution >= 0.6 is 0 Å². The van der Waals surface area contributed by atoms with Crippen molar-refractivity contribution in [1.29, 1.82) is 0 Å². The number of nitrogens with zero attached hydrogens (tertiary/aromatic N) is 4. The Hall–Kier alpha value is -2.83. The fraction of sp³-hybridized carbons (Fsp3) is 0.500. The molecule has 2 N–H and O–H groups in total. The highest BCUT2D eigenvalue weighted by molar-refractivity contribution is 5.79. The molecule has 2 aliphatic rings. The fourth-order valence-corrected chi connectivity index (χ4v) is 4.54. The number of phenolic OH excluding ortho intramolecular Hbond substituents is 1. The van der Waals surface area contributed by atoms with Gasteiger partial charge >= 0.3 is 0 Å². The molecule has 29 heavy (non-hydrogen) atoms. The number of hydrogen-bond donors (Lipinski definition) is 2. The number of aromatic nitrogens is 3. The highest BCUT2D eigenvalue weighted by Crippen LogP contribution is 2.36. The largest absolute Gasteiger partial charge is 0.507 e. The number of aromatic hydroxyl groups is 1. The third-order valence-electron chi connectivity index (χ3n) is 6.14. The molecule has 0 unspecified atom stereocenters. The molecule has 0 saturated carbocycles. The van der Waals surface area contributed by atoms with Crippen LogP contribution in [-0.4, -0.2) is 44.4 Å². The minimum atomic E-state index is -0.0391. The Labute approximate surface area is 171 Å². The standard InChI is InChI=1S/C22H29N5O2/c1-4-27-20(17-7-5-6-16(19(17)29)14-15(2)3)24-25-21(27)26-12-10-22(11-13-26)9-8-18(28)23-22/h5-7,29H,2,4,8-14H2,1,3H3,(H,23,28). The molecule has 1 amide bonds. The van der Waals surface area contributed by atoms with Crippen molar-refractivity contribution in [2.24, 2.45) is 0 Å². The van der Waals surface area contributed by atoms with Gasteiger partial charge in [-0.15, -0.1) is 10.2 Å². The van der Waals surface area contributed by atoms with Crippen LogP contribution < -0.4 is 10.2 Å².